The Labute approximate surface area is 108 Å². The molecule has 0 aliphatic rings. The SMILES string of the molecule is CCn1ncc(OC)c1C(=O)Cc1csc(N)n1. The van der Waals surface area contributed by atoms with Crippen LogP contribution in [0.3, 0.4) is 0 Å². The highest BCUT2D eigenvalue weighted by molar-refractivity contribution is 7.13. The molecule has 0 aliphatic heterocycles. The van der Waals surface area contributed by atoms with E-state index in [1.54, 1.807) is 16.3 Å². The highest BCUT2D eigenvalue weighted by Crippen LogP contribution is 2.20. The maximum Gasteiger partial charge on any atom is 0.190 e. The van der Waals surface area contributed by atoms with Crippen molar-refractivity contribution in [1.29, 1.82) is 0 Å². The van der Waals surface area contributed by atoms with E-state index in [1.807, 2.05) is 6.92 Å². The van der Waals surface area contributed by atoms with Crippen LogP contribution < -0.4 is 10.5 Å². The Morgan fingerprint density at radius 3 is 2.94 bits per heavy atom. The Morgan fingerprint density at radius 1 is 1.61 bits per heavy atom. The summed E-state index contributed by atoms with van der Waals surface area (Å²) >= 11 is 1.32. The van der Waals surface area contributed by atoms with Crippen LogP contribution in [0.5, 0.6) is 5.75 Å². The van der Waals surface area contributed by atoms with Gasteiger partial charge in [0.1, 0.15) is 5.69 Å². The van der Waals surface area contributed by atoms with Crippen molar-refractivity contribution in [3.8, 4) is 5.75 Å². The molecule has 7 heteroatoms. The summed E-state index contributed by atoms with van der Waals surface area (Å²) < 4.78 is 6.77. The minimum absolute atomic E-state index is 0.0727. The van der Waals surface area contributed by atoms with E-state index < -0.39 is 0 Å². The fourth-order valence-electron chi connectivity index (χ4n) is 1.69. The fourth-order valence-corrected chi connectivity index (χ4v) is 2.25. The minimum Gasteiger partial charge on any atom is -0.493 e. The summed E-state index contributed by atoms with van der Waals surface area (Å²) in [4.78, 5) is 16.3. The van der Waals surface area contributed by atoms with E-state index in [-0.39, 0.29) is 12.2 Å². The van der Waals surface area contributed by atoms with Crippen molar-refractivity contribution in [1.82, 2.24) is 14.8 Å². The molecule has 0 aromatic carbocycles. The first kappa shape index (κ1) is 12.6. The number of hydrogen-bond acceptors (Lipinski definition) is 6. The second kappa shape index (κ2) is 5.18. The lowest BCUT2D eigenvalue weighted by atomic mass is 10.1. The Morgan fingerprint density at radius 2 is 2.39 bits per heavy atom. The van der Waals surface area contributed by atoms with Gasteiger partial charge in [0.25, 0.3) is 0 Å². The van der Waals surface area contributed by atoms with Gasteiger partial charge in [0.05, 0.1) is 25.4 Å². The molecule has 0 bridgehead atoms. The Hall–Kier alpha value is -1.89. The number of nitrogens with zero attached hydrogens (tertiary/aromatic N) is 3. The van der Waals surface area contributed by atoms with Crippen LogP contribution in [0.4, 0.5) is 5.13 Å². The number of methoxy groups -OCH3 is 1. The zero-order chi connectivity index (χ0) is 13.1. The maximum atomic E-state index is 12.2. The first-order valence-corrected chi connectivity index (χ1v) is 6.36. The number of nitrogen functional groups attached to an aromatic ring is 1. The van der Waals surface area contributed by atoms with Crippen molar-refractivity contribution in [2.45, 2.75) is 19.9 Å². The minimum atomic E-state index is -0.0727. The van der Waals surface area contributed by atoms with Crippen molar-refractivity contribution >= 4 is 22.3 Å². The van der Waals surface area contributed by atoms with Crippen molar-refractivity contribution in [2.24, 2.45) is 0 Å². The van der Waals surface area contributed by atoms with Crippen LogP contribution in [0.1, 0.15) is 23.1 Å². The number of Topliss-reactive ketones (excluding diaryl/α,β-unsaturated/α-hetero) is 1. The van der Waals surface area contributed by atoms with Crippen LogP contribution in [-0.2, 0) is 13.0 Å². The van der Waals surface area contributed by atoms with Crippen LogP contribution in [-0.4, -0.2) is 27.7 Å². The smallest absolute Gasteiger partial charge is 0.190 e. The van der Waals surface area contributed by atoms with Crippen LogP contribution in [0, 0.1) is 0 Å². The van der Waals surface area contributed by atoms with E-state index >= 15 is 0 Å². The van der Waals surface area contributed by atoms with Gasteiger partial charge in [0, 0.05) is 11.9 Å². The van der Waals surface area contributed by atoms with Gasteiger partial charge in [-0.1, -0.05) is 0 Å². The number of carbonyl (C=O) groups excluding carboxylic acids is 1. The number of aryl methyl sites for hydroxylation is 1. The van der Waals surface area contributed by atoms with E-state index in [0.717, 1.165) is 0 Å². The van der Waals surface area contributed by atoms with Gasteiger partial charge in [0.15, 0.2) is 16.7 Å². The molecular weight excluding hydrogens is 252 g/mol. The van der Waals surface area contributed by atoms with Gasteiger partial charge in [-0.2, -0.15) is 5.10 Å². The summed E-state index contributed by atoms with van der Waals surface area (Å²) in [7, 11) is 1.52. The zero-order valence-electron chi connectivity index (χ0n) is 10.2. The van der Waals surface area contributed by atoms with E-state index in [4.69, 9.17) is 10.5 Å². The molecule has 0 atom stereocenters. The largest absolute Gasteiger partial charge is 0.493 e. The second-order valence-corrected chi connectivity index (χ2v) is 4.54. The average Bonchev–Trinajstić information content (AvgIpc) is 2.94. The van der Waals surface area contributed by atoms with Gasteiger partial charge in [-0.25, -0.2) is 4.98 Å². The summed E-state index contributed by atoms with van der Waals surface area (Å²) in [5, 5.41) is 6.35. The van der Waals surface area contributed by atoms with Crippen molar-refractivity contribution in [2.75, 3.05) is 12.8 Å². The molecule has 18 heavy (non-hydrogen) atoms. The van der Waals surface area contributed by atoms with Crippen molar-refractivity contribution < 1.29 is 9.53 Å². The van der Waals surface area contributed by atoms with Crippen LogP contribution in [0.2, 0.25) is 0 Å². The third kappa shape index (κ3) is 2.35. The van der Waals surface area contributed by atoms with Crippen LogP contribution >= 0.6 is 11.3 Å². The quantitative estimate of drug-likeness (QED) is 0.826. The number of ketones is 1. The second-order valence-electron chi connectivity index (χ2n) is 3.65. The number of hydrogen-bond donors (Lipinski definition) is 1. The molecule has 0 amide bonds. The molecule has 0 fully saturated rings. The molecule has 2 aromatic heterocycles. The third-order valence-corrected chi connectivity index (χ3v) is 3.22. The van der Waals surface area contributed by atoms with Gasteiger partial charge in [0.2, 0.25) is 0 Å². The summed E-state index contributed by atoms with van der Waals surface area (Å²) in [5.74, 6) is 0.418. The lowest BCUT2D eigenvalue weighted by Crippen LogP contribution is -2.13. The van der Waals surface area contributed by atoms with Gasteiger partial charge in [-0.05, 0) is 6.92 Å². The normalized spacial score (nSPS) is 10.6. The Kier molecular flexibility index (Phi) is 3.61. The average molecular weight is 266 g/mol. The van der Waals surface area contributed by atoms with E-state index in [1.165, 1.54) is 18.4 Å². The zero-order valence-corrected chi connectivity index (χ0v) is 11.0. The number of carbonyl (C=O) groups is 1. The molecule has 0 radical (unpaired) electrons. The number of ether oxygens (including phenoxy) is 1. The van der Waals surface area contributed by atoms with Crippen LogP contribution in [0.25, 0.3) is 0 Å². The maximum absolute atomic E-state index is 12.2. The highest BCUT2D eigenvalue weighted by Gasteiger charge is 2.19. The Bertz CT molecular complexity index is 540. The number of aromatic nitrogens is 3. The predicted octanol–water partition coefficient (Wildman–Crippen LogP) is 1.38. The molecule has 0 saturated heterocycles. The molecular formula is C11H14N4O2S. The molecule has 6 nitrogen and oxygen atoms in total. The summed E-state index contributed by atoms with van der Waals surface area (Å²) in [6, 6.07) is 0. The monoisotopic (exact) mass is 266 g/mol. The lowest BCUT2D eigenvalue weighted by molar-refractivity contribution is 0.0979. The molecule has 2 N–H and O–H groups in total. The summed E-state index contributed by atoms with van der Waals surface area (Å²) in [5.41, 5.74) is 6.69. The molecule has 96 valence electrons. The summed E-state index contributed by atoms with van der Waals surface area (Å²) in [6.45, 7) is 2.54. The topological polar surface area (TPSA) is 83.0 Å². The number of rotatable bonds is 5. The van der Waals surface area contributed by atoms with Gasteiger partial charge in [-0.15, -0.1) is 11.3 Å². The Balaban J connectivity index is 2.25. The van der Waals surface area contributed by atoms with Gasteiger partial charge in [-0.3, -0.25) is 9.48 Å². The highest BCUT2D eigenvalue weighted by atomic mass is 32.1. The van der Waals surface area contributed by atoms with E-state index in [9.17, 15) is 4.79 Å². The molecule has 0 aliphatic carbocycles. The molecule has 2 aromatic rings. The molecule has 2 rings (SSSR count). The van der Waals surface area contributed by atoms with Crippen molar-refractivity contribution in [3.63, 3.8) is 0 Å². The van der Waals surface area contributed by atoms with E-state index in [2.05, 4.69) is 10.1 Å². The number of nitrogens with two attached hydrogens (primary N) is 1. The summed E-state index contributed by atoms with van der Waals surface area (Å²) in [6.07, 6.45) is 1.75. The van der Waals surface area contributed by atoms with Crippen LogP contribution in [0.15, 0.2) is 11.6 Å². The van der Waals surface area contributed by atoms with Gasteiger partial charge < -0.3 is 10.5 Å². The number of anilines is 1. The standard InChI is InChI=1S/C11H14N4O2S/c1-3-15-10(9(17-2)5-13-15)8(16)4-7-6-18-11(12)14-7/h5-6H,3-4H2,1-2H3,(H2,12,14). The lowest BCUT2D eigenvalue weighted by Gasteiger charge is -2.05. The van der Waals surface area contributed by atoms with E-state index in [0.29, 0.717) is 28.8 Å². The number of thiazole rings is 1. The third-order valence-electron chi connectivity index (χ3n) is 2.50. The molecule has 0 saturated carbocycles. The fraction of sp³-hybridized carbons (Fsp3) is 0.364. The molecule has 2 heterocycles. The van der Waals surface area contributed by atoms with Crippen molar-refractivity contribution in [3.05, 3.63) is 23.0 Å². The predicted molar refractivity (Wildman–Crippen MR) is 69.0 cm³/mol. The first-order valence-electron chi connectivity index (χ1n) is 5.48. The molecule has 0 spiro atoms. The van der Waals surface area contributed by atoms with Gasteiger partial charge >= 0.3 is 0 Å². The molecule has 0 unspecified atom stereocenters. The first-order chi connectivity index (χ1) is 8.65.